The molecule has 2 aromatic carbocycles. The zero-order chi connectivity index (χ0) is 17.3. The van der Waals surface area contributed by atoms with Crippen molar-refractivity contribution in [3.8, 4) is 5.75 Å². The molecule has 122 valence electrons. The third-order valence-electron chi connectivity index (χ3n) is 3.38. The van der Waals surface area contributed by atoms with Gasteiger partial charge in [0.05, 0.1) is 23.4 Å². The van der Waals surface area contributed by atoms with Gasteiger partial charge in [-0.05, 0) is 30.3 Å². The maximum Gasteiger partial charge on any atom is 0.337 e. The Labute approximate surface area is 150 Å². The number of carbonyl (C=O) groups is 1. The quantitative estimate of drug-likeness (QED) is 0.649. The van der Waals surface area contributed by atoms with Crippen LogP contribution >= 0.6 is 27.5 Å². The number of anilines is 1. The van der Waals surface area contributed by atoms with Crippen LogP contribution in [0.4, 0.5) is 5.69 Å². The van der Waals surface area contributed by atoms with E-state index in [0.717, 1.165) is 10.5 Å². The highest BCUT2D eigenvalue weighted by atomic mass is 79.9. The normalized spacial score (nSPS) is 10.6. The molecule has 7 heteroatoms. The molecule has 0 saturated carbocycles. The van der Waals surface area contributed by atoms with E-state index in [2.05, 4.69) is 21.2 Å². The van der Waals surface area contributed by atoms with Crippen LogP contribution in [0.15, 0.2) is 56.1 Å². The molecule has 0 atom stereocenters. The summed E-state index contributed by atoms with van der Waals surface area (Å²) in [6.45, 7) is 0. The molecule has 3 rings (SSSR count). The van der Waals surface area contributed by atoms with Crippen LogP contribution in [-0.4, -0.2) is 13.0 Å². The van der Waals surface area contributed by atoms with Crippen LogP contribution in [0.25, 0.3) is 11.0 Å². The van der Waals surface area contributed by atoms with Crippen LogP contribution in [0.1, 0.15) is 10.4 Å². The number of benzene rings is 2. The Morgan fingerprint density at radius 3 is 2.71 bits per heavy atom. The van der Waals surface area contributed by atoms with Gasteiger partial charge in [0.1, 0.15) is 11.3 Å². The molecule has 0 bridgehead atoms. The van der Waals surface area contributed by atoms with Gasteiger partial charge in [-0.2, -0.15) is 0 Å². The first kappa shape index (κ1) is 16.5. The lowest BCUT2D eigenvalue weighted by molar-refractivity contribution is 0.102. The Hall–Kier alpha value is -2.31. The molecule has 3 aromatic rings. The van der Waals surface area contributed by atoms with Gasteiger partial charge in [-0.3, -0.25) is 4.79 Å². The van der Waals surface area contributed by atoms with Crippen LogP contribution in [-0.2, 0) is 0 Å². The number of methoxy groups -OCH3 is 1. The van der Waals surface area contributed by atoms with E-state index in [4.69, 9.17) is 20.8 Å². The van der Waals surface area contributed by atoms with Gasteiger partial charge in [-0.15, -0.1) is 0 Å². The van der Waals surface area contributed by atoms with E-state index in [1.807, 2.05) is 0 Å². The minimum atomic E-state index is -0.622. The fourth-order valence-electron chi connectivity index (χ4n) is 2.24. The Morgan fingerprint density at radius 2 is 2.00 bits per heavy atom. The molecule has 0 aliphatic carbocycles. The molecule has 0 aliphatic rings. The molecule has 0 radical (unpaired) electrons. The zero-order valence-electron chi connectivity index (χ0n) is 12.4. The topological polar surface area (TPSA) is 68.5 Å². The van der Waals surface area contributed by atoms with Crippen molar-refractivity contribution in [2.75, 3.05) is 12.4 Å². The minimum Gasteiger partial charge on any atom is -0.497 e. The van der Waals surface area contributed by atoms with Crippen molar-refractivity contribution in [3.63, 3.8) is 0 Å². The molecule has 0 saturated heterocycles. The van der Waals surface area contributed by atoms with Crippen LogP contribution in [0.3, 0.4) is 0 Å². The van der Waals surface area contributed by atoms with Gasteiger partial charge in [0.25, 0.3) is 5.91 Å². The number of fused-ring (bicyclic) bond motifs is 1. The summed E-state index contributed by atoms with van der Waals surface area (Å²) < 4.78 is 11.0. The highest BCUT2D eigenvalue weighted by Gasteiger charge is 2.15. The first-order valence-electron chi connectivity index (χ1n) is 6.86. The van der Waals surface area contributed by atoms with Gasteiger partial charge >= 0.3 is 5.63 Å². The molecule has 0 fully saturated rings. The smallest absolute Gasteiger partial charge is 0.337 e. The van der Waals surface area contributed by atoms with Crippen LogP contribution < -0.4 is 15.7 Å². The lowest BCUT2D eigenvalue weighted by atomic mass is 10.1. The summed E-state index contributed by atoms with van der Waals surface area (Å²) in [5.41, 5.74) is 0.291. The van der Waals surface area contributed by atoms with Crippen molar-refractivity contribution in [2.24, 2.45) is 0 Å². The van der Waals surface area contributed by atoms with Gasteiger partial charge < -0.3 is 14.5 Å². The van der Waals surface area contributed by atoms with Crippen molar-refractivity contribution in [1.82, 2.24) is 0 Å². The van der Waals surface area contributed by atoms with E-state index in [1.54, 1.807) is 36.4 Å². The number of rotatable bonds is 3. The Balaban J connectivity index is 2.04. The highest BCUT2D eigenvalue weighted by Crippen LogP contribution is 2.27. The SMILES string of the molecule is COc1ccc2c(C(=O)Nc3ccc(Br)cc3Cl)cc(=O)oc2c1. The number of hydrogen-bond acceptors (Lipinski definition) is 4. The molecule has 1 amide bonds. The first-order valence-corrected chi connectivity index (χ1v) is 8.03. The Bertz CT molecular complexity index is 1000. The molecule has 0 spiro atoms. The average Bonchev–Trinajstić information content (AvgIpc) is 2.55. The predicted molar refractivity (Wildman–Crippen MR) is 96.1 cm³/mol. The van der Waals surface area contributed by atoms with Gasteiger partial charge in [-0.25, -0.2) is 4.79 Å². The lowest BCUT2D eigenvalue weighted by Gasteiger charge is -2.09. The first-order chi connectivity index (χ1) is 11.5. The average molecular weight is 409 g/mol. The van der Waals surface area contributed by atoms with Crippen molar-refractivity contribution in [3.05, 3.63) is 67.9 Å². The lowest BCUT2D eigenvalue weighted by Crippen LogP contribution is -2.15. The molecule has 1 aromatic heterocycles. The van der Waals surface area contributed by atoms with Gasteiger partial charge in [-0.1, -0.05) is 27.5 Å². The Morgan fingerprint density at radius 1 is 1.21 bits per heavy atom. The summed E-state index contributed by atoms with van der Waals surface area (Å²) in [5.74, 6) is 0.0708. The maximum absolute atomic E-state index is 12.6. The number of amides is 1. The van der Waals surface area contributed by atoms with Crippen LogP contribution in [0.2, 0.25) is 5.02 Å². The van der Waals surface area contributed by atoms with Crippen molar-refractivity contribution in [2.45, 2.75) is 0 Å². The summed E-state index contributed by atoms with van der Waals surface area (Å²) >= 11 is 9.41. The van der Waals surface area contributed by atoms with Crippen molar-refractivity contribution < 1.29 is 13.9 Å². The summed E-state index contributed by atoms with van der Waals surface area (Å²) in [4.78, 5) is 24.3. The van der Waals surface area contributed by atoms with E-state index >= 15 is 0 Å². The second kappa shape index (κ2) is 6.67. The van der Waals surface area contributed by atoms with Gasteiger partial charge in [0, 0.05) is 22.0 Å². The summed E-state index contributed by atoms with van der Waals surface area (Å²) in [6.07, 6.45) is 0. The van der Waals surface area contributed by atoms with E-state index in [-0.39, 0.29) is 11.1 Å². The standard InChI is InChI=1S/C17H11BrClNO4/c1-23-10-3-4-11-12(8-16(21)24-15(11)7-10)17(22)20-14-5-2-9(18)6-13(14)19/h2-8H,1H3,(H,20,22). The predicted octanol–water partition coefficient (Wildman–Crippen LogP) is 4.47. The zero-order valence-corrected chi connectivity index (χ0v) is 14.8. The fourth-order valence-corrected chi connectivity index (χ4v) is 2.96. The third-order valence-corrected chi connectivity index (χ3v) is 4.18. The summed E-state index contributed by atoms with van der Waals surface area (Å²) in [7, 11) is 1.51. The minimum absolute atomic E-state index is 0.197. The van der Waals surface area contributed by atoms with E-state index in [1.165, 1.54) is 7.11 Å². The number of hydrogen-bond donors (Lipinski definition) is 1. The van der Waals surface area contributed by atoms with Crippen molar-refractivity contribution in [1.29, 1.82) is 0 Å². The van der Waals surface area contributed by atoms with Crippen LogP contribution in [0, 0.1) is 0 Å². The number of nitrogens with one attached hydrogen (secondary N) is 1. The van der Waals surface area contributed by atoms with Crippen molar-refractivity contribution >= 4 is 50.1 Å². The monoisotopic (exact) mass is 407 g/mol. The van der Waals surface area contributed by atoms with Crippen LogP contribution in [0.5, 0.6) is 5.75 Å². The molecule has 5 nitrogen and oxygen atoms in total. The Kier molecular flexibility index (Phi) is 4.59. The molecule has 1 heterocycles. The summed E-state index contributed by atoms with van der Waals surface area (Å²) in [6, 6.07) is 11.1. The number of carbonyl (C=O) groups excluding carboxylic acids is 1. The second-order valence-electron chi connectivity index (χ2n) is 4.92. The largest absolute Gasteiger partial charge is 0.497 e. The van der Waals surface area contributed by atoms with Gasteiger partial charge in [0.15, 0.2) is 0 Å². The molecule has 1 N–H and O–H groups in total. The second-order valence-corrected chi connectivity index (χ2v) is 6.24. The highest BCUT2D eigenvalue weighted by molar-refractivity contribution is 9.10. The molecular formula is C17H11BrClNO4. The molecule has 24 heavy (non-hydrogen) atoms. The molecule has 0 unspecified atom stereocenters. The van der Waals surface area contributed by atoms with E-state index < -0.39 is 11.5 Å². The van der Waals surface area contributed by atoms with Gasteiger partial charge in [0.2, 0.25) is 0 Å². The molecule has 0 aliphatic heterocycles. The summed E-state index contributed by atoms with van der Waals surface area (Å²) in [5, 5.41) is 3.58. The van der Waals surface area contributed by atoms with E-state index in [0.29, 0.717) is 21.8 Å². The number of ether oxygens (including phenoxy) is 1. The fraction of sp³-hybridized carbons (Fsp3) is 0.0588. The van der Waals surface area contributed by atoms with E-state index in [9.17, 15) is 9.59 Å². The number of halogens is 2. The molecular weight excluding hydrogens is 398 g/mol. The third kappa shape index (κ3) is 3.29. The maximum atomic E-state index is 12.6.